The van der Waals surface area contributed by atoms with Gasteiger partial charge in [0.25, 0.3) is 0 Å². The van der Waals surface area contributed by atoms with Gasteiger partial charge in [-0.1, -0.05) is 75.3 Å². The number of para-hydroxylation sites is 1. The molecule has 0 bridgehead atoms. The summed E-state index contributed by atoms with van der Waals surface area (Å²) in [4.78, 5) is 4.18. The van der Waals surface area contributed by atoms with E-state index in [0.717, 1.165) is 18.8 Å². The molecule has 2 aromatic carbocycles. The molecule has 2 unspecified atom stereocenters. The largest absolute Gasteiger partial charge is 0.492 e. The first kappa shape index (κ1) is 17.6. The maximum absolute atomic E-state index is 6.27. The van der Waals surface area contributed by atoms with Crippen LogP contribution in [0.1, 0.15) is 17.5 Å². The van der Waals surface area contributed by atoms with Gasteiger partial charge in [-0.15, -0.1) is 0 Å². The van der Waals surface area contributed by atoms with E-state index in [1.807, 2.05) is 13.3 Å². The van der Waals surface area contributed by atoms with Gasteiger partial charge in [0, 0.05) is 24.5 Å². The zero-order valence-corrected chi connectivity index (χ0v) is 15.8. The standard InChI is InChI=1S/C22H24NOP/c1-17-9-8-14-21(22(17)24-16-18-10-4-3-5-11-18)25-20-13-7-6-12-19(20)15-23-2/h3-10,12-15,18,25H,11,16H2,1-2H3. The predicted octanol–water partition coefficient (Wildman–Crippen LogP) is 4.18. The van der Waals surface area contributed by atoms with E-state index >= 15 is 0 Å². The molecule has 1 aliphatic rings. The molecule has 1 aliphatic carbocycles. The number of rotatable bonds is 6. The molecule has 0 spiro atoms. The van der Waals surface area contributed by atoms with E-state index in [4.69, 9.17) is 4.74 Å². The number of ether oxygens (including phenoxy) is 1. The third-order valence-corrected chi connectivity index (χ3v) is 5.61. The Kier molecular flexibility index (Phi) is 6.19. The highest BCUT2D eigenvalue weighted by Gasteiger charge is 2.12. The van der Waals surface area contributed by atoms with Crippen molar-refractivity contribution in [2.45, 2.75) is 13.3 Å². The van der Waals surface area contributed by atoms with Gasteiger partial charge in [0.1, 0.15) is 5.75 Å². The second kappa shape index (κ2) is 8.78. The normalized spacial score (nSPS) is 17.0. The third-order valence-electron chi connectivity index (χ3n) is 4.22. The Morgan fingerprint density at radius 1 is 1.12 bits per heavy atom. The lowest BCUT2D eigenvalue weighted by Gasteiger charge is -2.18. The molecule has 25 heavy (non-hydrogen) atoms. The Labute approximate surface area is 152 Å². The highest BCUT2D eigenvalue weighted by Crippen LogP contribution is 2.25. The highest BCUT2D eigenvalue weighted by atomic mass is 31.1. The van der Waals surface area contributed by atoms with E-state index in [1.54, 1.807) is 0 Å². The summed E-state index contributed by atoms with van der Waals surface area (Å²) in [6, 6.07) is 14.9. The minimum Gasteiger partial charge on any atom is -0.492 e. The van der Waals surface area contributed by atoms with E-state index in [1.165, 1.54) is 21.7 Å². The second-order valence-corrected chi connectivity index (χ2v) is 7.50. The fourth-order valence-electron chi connectivity index (χ4n) is 2.90. The van der Waals surface area contributed by atoms with Crippen LogP contribution in [0.4, 0.5) is 0 Å². The first-order valence-corrected chi connectivity index (χ1v) is 9.62. The van der Waals surface area contributed by atoms with Gasteiger partial charge in [-0.3, -0.25) is 4.99 Å². The maximum atomic E-state index is 6.27. The summed E-state index contributed by atoms with van der Waals surface area (Å²) < 4.78 is 6.27. The Morgan fingerprint density at radius 3 is 2.76 bits per heavy atom. The number of allylic oxidation sites excluding steroid dienone is 3. The van der Waals surface area contributed by atoms with Gasteiger partial charge in [0.2, 0.25) is 0 Å². The van der Waals surface area contributed by atoms with E-state index < -0.39 is 0 Å². The van der Waals surface area contributed by atoms with Crippen LogP contribution in [-0.4, -0.2) is 19.9 Å². The van der Waals surface area contributed by atoms with Crippen LogP contribution in [0.2, 0.25) is 0 Å². The molecule has 2 atom stereocenters. The van der Waals surface area contributed by atoms with Crippen LogP contribution < -0.4 is 15.3 Å². The maximum Gasteiger partial charge on any atom is 0.129 e. The molecule has 3 heteroatoms. The molecular weight excluding hydrogens is 325 g/mol. The zero-order chi connectivity index (χ0) is 17.5. The van der Waals surface area contributed by atoms with Crippen molar-refractivity contribution in [3.05, 3.63) is 77.9 Å². The fraction of sp³-hybridized carbons (Fsp3) is 0.227. The van der Waals surface area contributed by atoms with Crippen molar-refractivity contribution in [2.24, 2.45) is 10.9 Å². The summed E-state index contributed by atoms with van der Waals surface area (Å²) >= 11 is 0. The Morgan fingerprint density at radius 2 is 1.96 bits per heavy atom. The monoisotopic (exact) mass is 349 g/mol. The minimum atomic E-state index is 0.459. The third kappa shape index (κ3) is 4.67. The van der Waals surface area contributed by atoms with Crippen molar-refractivity contribution in [1.29, 1.82) is 0 Å². The number of hydrogen-bond acceptors (Lipinski definition) is 2. The number of nitrogens with zero attached hydrogens (tertiary/aromatic N) is 1. The Balaban J connectivity index is 1.81. The van der Waals surface area contributed by atoms with E-state index in [2.05, 4.69) is 78.7 Å². The van der Waals surface area contributed by atoms with Gasteiger partial charge in [0.05, 0.1) is 6.61 Å². The molecule has 0 heterocycles. The molecule has 2 aromatic rings. The van der Waals surface area contributed by atoms with Gasteiger partial charge in [0.15, 0.2) is 0 Å². The van der Waals surface area contributed by atoms with E-state index in [-0.39, 0.29) is 0 Å². The molecule has 0 aromatic heterocycles. The van der Waals surface area contributed by atoms with Crippen LogP contribution >= 0.6 is 8.58 Å². The summed E-state index contributed by atoms with van der Waals surface area (Å²) in [7, 11) is 2.36. The molecule has 0 fully saturated rings. The average molecular weight is 349 g/mol. The van der Waals surface area contributed by atoms with Gasteiger partial charge in [-0.25, -0.2) is 0 Å². The first-order valence-electron chi connectivity index (χ1n) is 8.62. The summed E-state index contributed by atoms with van der Waals surface area (Å²) in [6.45, 7) is 2.85. The van der Waals surface area contributed by atoms with Crippen molar-refractivity contribution in [3.8, 4) is 5.75 Å². The highest BCUT2D eigenvalue weighted by molar-refractivity contribution is 7.56. The number of aliphatic imine (C=N–C) groups is 1. The molecule has 0 amide bonds. The smallest absolute Gasteiger partial charge is 0.129 e. The Bertz CT molecular complexity index is 807. The predicted molar refractivity (Wildman–Crippen MR) is 111 cm³/mol. The lowest BCUT2D eigenvalue weighted by molar-refractivity contribution is 0.276. The van der Waals surface area contributed by atoms with Gasteiger partial charge in [-0.05, 0) is 29.8 Å². The lowest BCUT2D eigenvalue weighted by atomic mass is 10.0. The SMILES string of the molecule is CN=Cc1ccccc1Pc1cccc(C)c1OCC1C=CC=CC1. The van der Waals surface area contributed by atoms with Crippen molar-refractivity contribution in [1.82, 2.24) is 0 Å². The van der Waals surface area contributed by atoms with Crippen LogP contribution in [0.3, 0.4) is 0 Å². The number of benzene rings is 2. The molecule has 2 nitrogen and oxygen atoms in total. The topological polar surface area (TPSA) is 21.6 Å². The van der Waals surface area contributed by atoms with Gasteiger partial charge in [-0.2, -0.15) is 0 Å². The summed E-state index contributed by atoms with van der Waals surface area (Å²) in [5, 5.41) is 2.55. The lowest BCUT2D eigenvalue weighted by Crippen LogP contribution is -2.16. The van der Waals surface area contributed by atoms with Gasteiger partial charge < -0.3 is 4.74 Å². The molecule has 0 N–H and O–H groups in total. The molecule has 3 rings (SSSR count). The van der Waals surface area contributed by atoms with Gasteiger partial charge >= 0.3 is 0 Å². The zero-order valence-electron chi connectivity index (χ0n) is 14.8. The fourth-order valence-corrected chi connectivity index (χ4v) is 4.22. The first-order chi connectivity index (χ1) is 12.3. The second-order valence-electron chi connectivity index (χ2n) is 6.17. The molecule has 0 radical (unpaired) electrons. The van der Waals surface area contributed by atoms with Crippen LogP contribution in [0.5, 0.6) is 5.75 Å². The summed E-state index contributed by atoms with van der Waals surface area (Å²) in [6.07, 6.45) is 11.6. The van der Waals surface area contributed by atoms with Crippen molar-refractivity contribution in [2.75, 3.05) is 13.7 Å². The average Bonchev–Trinajstić information content (AvgIpc) is 2.64. The van der Waals surface area contributed by atoms with Crippen LogP contribution in [-0.2, 0) is 0 Å². The molecule has 0 saturated heterocycles. The van der Waals surface area contributed by atoms with Crippen molar-refractivity contribution < 1.29 is 4.74 Å². The Hall–Kier alpha value is -2.18. The minimum absolute atomic E-state index is 0.459. The molecule has 0 saturated carbocycles. The molecule has 0 aliphatic heterocycles. The number of hydrogen-bond donors (Lipinski definition) is 0. The van der Waals surface area contributed by atoms with E-state index in [0.29, 0.717) is 14.5 Å². The van der Waals surface area contributed by atoms with Crippen molar-refractivity contribution in [3.63, 3.8) is 0 Å². The molecule has 128 valence electrons. The van der Waals surface area contributed by atoms with Crippen LogP contribution in [0.15, 0.2) is 71.8 Å². The quantitative estimate of drug-likeness (QED) is 0.566. The molecular formula is C22H24NOP. The van der Waals surface area contributed by atoms with Crippen LogP contribution in [0.25, 0.3) is 0 Å². The van der Waals surface area contributed by atoms with Crippen molar-refractivity contribution >= 4 is 25.4 Å². The van der Waals surface area contributed by atoms with E-state index in [9.17, 15) is 0 Å². The summed E-state index contributed by atoms with van der Waals surface area (Å²) in [5.74, 6) is 1.49. The number of aryl methyl sites for hydroxylation is 1. The summed E-state index contributed by atoms with van der Waals surface area (Å²) in [5.41, 5.74) is 2.37. The van der Waals surface area contributed by atoms with Crippen LogP contribution in [0, 0.1) is 12.8 Å².